The van der Waals surface area contributed by atoms with Gasteiger partial charge in [-0.05, 0) is 14.0 Å². The maximum atomic E-state index is 10.2. The molecule has 0 aromatic carbocycles. The monoisotopic (exact) mass is 312 g/mol. The van der Waals surface area contributed by atoms with Crippen LogP contribution in [0.1, 0.15) is 6.92 Å². The number of amidine groups is 1. The van der Waals surface area contributed by atoms with E-state index in [1.807, 2.05) is 6.92 Å². The minimum absolute atomic E-state index is 0.104. The molecule has 0 radical (unpaired) electrons. The molecule has 5 atom stereocenters. The van der Waals surface area contributed by atoms with Crippen molar-refractivity contribution in [1.29, 1.82) is 0 Å². The fraction of sp³-hybridized carbons (Fsp3) is 0.750. The molecule has 1 fully saturated rings. The molecule has 0 aliphatic carbocycles. The molecular formula is C12H20N6O4. The topological polar surface area (TPSA) is 148 Å². The minimum atomic E-state index is -1.73. The van der Waals surface area contributed by atoms with Gasteiger partial charge in [-0.15, -0.1) is 0 Å². The van der Waals surface area contributed by atoms with E-state index in [9.17, 15) is 15.3 Å². The third-order valence-electron chi connectivity index (χ3n) is 4.35. The third-order valence-corrected chi connectivity index (χ3v) is 4.35. The SMILES string of the molecule is CNC1(C)N=CN=C2C1=NCN2[C@]1(N)O[C@H](CO)[C@@H](O)[C@H]1O. The number of rotatable bonds is 3. The van der Waals surface area contributed by atoms with Gasteiger partial charge in [-0.25, -0.2) is 9.98 Å². The van der Waals surface area contributed by atoms with Crippen LogP contribution in [-0.4, -0.2) is 88.3 Å². The summed E-state index contributed by atoms with van der Waals surface area (Å²) >= 11 is 0. The van der Waals surface area contributed by atoms with E-state index in [0.717, 1.165) is 0 Å². The average Bonchev–Trinajstić information content (AvgIpc) is 3.05. The second-order valence-electron chi connectivity index (χ2n) is 5.62. The van der Waals surface area contributed by atoms with Crippen LogP contribution in [0.25, 0.3) is 0 Å². The Hall–Kier alpha value is -1.43. The van der Waals surface area contributed by atoms with Crippen LogP contribution in [0.4, 0.5) is 0 Å². The lowest BCUT2D eigenvalue weighted by Crippen LogP contribution is -2.66. The van der Waals surface area contributed by atoms with Crippen LogP contribution in [0, 0.1) is 0 Å². The first-order chi connectivity index (χ1) is 10.4. The highest BCUT2D eigenvalue weighted by Crippen LogP contribution is 2.34. The molecule has 0 aromatic rings. The summed E-state index contributed by atoms with van der Waals surface area (Å²) in [6, 6.07) is 0. The first-order valence-electron chi connectivity index (χ1n) is 6.94. The van der Waals surface area contributed by atoms with Crippen LogP contribution in [0.15, 0.2) is 15.0 Å². The van der Waals surface area contributed by atoms with Crippen LogP contribution in [0.3, 0.4) is 0 Å². The average molecular weight is 312 g/mol. The summed E-state index contributed by atoms with van der Waals surface area (Å²) in [6.45, 7) is 1.48. The molecule has 0 amide bonds. The highest BCUT2D eigenvalue weighted by atomic mass is 16.6. The van der Waals surface area contributed by atoms with E-state index in [1.165, 1.54) is 11.2 Å². The highest BCUT2D eigenvalue weighted by molar-refractivity contribution is 6.47. The molecule has 3 rings (SSSR count). The van der Waals surface area contributed by atoms with Crippen molar-refractivity contribution in [3.05, 3.63) is 0 Å². The summed E-state index contributed by atoms with van der Waals surface area (Å²) in [5.74, 6) is -1.31. The van der Waals surface area contributed by atoms with Gasteiger partial charge in [0.2, 0.25) is 5.85 Å². The van der Waals surface area contributed by atoms with Crippen molar-refractivity contribution in [2.45, 2.75) is 36.7 Å². The Bertz CT molecular complexity index is 566. The van der Waals surface area contributed by atoms with Gasteiger partial charge < -0.3 is 20.1 Å². The number of aliphatic imine (C=N–C) groups is 3. The lowest BCUT2D eigenvalue weighted by atomic mass is 10.0. The molecule has 10 heteroatoms. The van der Waals surface area contributed by atoms with Gasteiger partial charge in [-0.1, -0.05) is 0 Å². The molecule has 3 aliphatic heterocycles. The molecule has 10 nitrogen and oxygen atoms in total. The molecule has 3 heterocycles. The smallest absolute Gasteiger partial charge is 0.228 e. The number of nitrogens with one attached hydrogen (secondary N) is 1. The van der Waals surface area contributed by atoms with Crippen LogP contribution in [0.5, 0.6) is 0 Å². The van der Waals surface area contributed by atoms with Gasteiger partial charge in [0.05, 0.1) is 6.61 Å². The fourth-order valence-electron chi connectivity index (χ4n) is 2.83. The maximum absolute atomic E-state index is 10.2. The first kappa shape index (κ1) is 15.5. The molecule has 1 unspecified atom stereocenters. The molecule has 22 heavy (non-hydrogen) atoms. The standard InChI is InChI=1S/C12H20N6O4/c1-11(14-2)8-10(15-4-17-11)18(5-16-8)12(13)9(21)7(20)6(3-19)22-12/h4,6-7,9,14,19-21H,3,5,13H2,1-2H3/t6-,7-,9-,11?,12+/m1/s1. The minimum Gasteiger partial charge on any atom is -0.394 e. The zero-order chi connectivity index (χ0) is 16.1. The van der Waals surface area contributed by atoms with E-state index in [0.29, 0.717) is 11.5 Å². The van der Waals surface area contributed by atoms with Crippen molar-refractivity contribution in [1.82, 2.24) is 10.2 Å². The maximum Gasteiger partial charge on any atom is 0.228 e. The van der Waals surface area contributed by atoms with Crippen LogP contribution in [-0.2, 0) is 4.74 Å². The molecule has 0 bridgehead atoms. The highest BCUT2D eigenvalue weighted by Gasteiger charge is 2.58. The van der Waals surface area contributed by atoms with Gasteiger partial charge >= 0.3 is 0 Å². The van der Waals surface area contributed by atoms with Crippen molar-refractivity contribution in [2.24, 2.45) is 20.7 Å². The summed E-state index contributed by atoms with van der Waals surface area (Å²) in [5, 5.41) is 32.5. The van der Waals surface area contributed by atoms with Crippen molar-refractivity contribution >= 4 is 17.9 Å². The number of nitrogens with zero attached hydrogens (tertiary/aromatic N) is 4. The molecule has 0 aromatic heterocycles. The van der Waals surface area contributed by atoms with Crippen LogP contribution >= 0.6 is 0 Å². The first-order valence-corrected chi connectivity index (χ1v) is 6.94. The Morgan fingerprint density at radius 3 is 2.86 bits per heavy atom. The number of hydrogen-bond donors (Lipinski definition) is 5. The molecule has 0 spiro atoms. The zero-order valence-electron chi connectivity index (χ0n) is 12.3. The van der Waals surface area contributed by atoms with E-state index >= 15 is 0 Å². The van der Waals surface area contributed by atoms with Crippen molar-refractivity contribution in [3.8, 4) is 0 Å². The Morgan fingerprint density at radius 1 is 1.55 bits per heavy atom. The van der Waals surface area contributed by atoms with E-state index in [4.69, 9.17) is 10.5 Å². The molecule has 122 valence electrons. The second-order valence-corrected chi connectivity index (χ2v) is 5.62. The van der Waals surface area contributed by atoms with E-state index in [2.05, 4.69) is 20.3 Å². The summed E-state index contributed by atoms with van der Waals surface area (Å²) in [7, 11) is 1.75. The summed E-state index contributed by atoms with van der Waals surface area (Å²) < 4.78 is 5.49. The number of hydrogen-bond acceptors (Lipinski definition) is 10. The van der Waals surface area contributed by atoms with Crippen molar-refractivity contribution in [3.63, 3.8) is 0 Å². The zero-order valence-corrected chi connectivity index (χ0v) is 12.3. The van der Waals surface area contributed by atoms with Crippen molar-refractivity contribution < 1.29 is 20.1 Å². The molecular weight excluding hydrogens is 292 g/mol. The lowest BCUT2D eigenvalue weighted by molar-refractivity contribution is -0.156. The molecule has 6 N–H and O–H groups in total. The number of aliphatic hydroxyl groups excluding tert-OH is 3. The Morgan fingerprint density at radius 2 is 2.27 bits per heavy atom. The second kappa shape index (κ2) is 5.05. The number of nitrogens with two attached hydrogens (primary N) is 1. The Kier molecular flexibility index (Phi) is 3.55. The number of fused-ring (bicyclic) bond motifs is 1. The summed E-state index contributed by atoms with van der Waals surface area (Å²) in [4.78, 5) is 14.3. The fourth-order valence-corrected chi connectivity index (χ4v) is 2.83. The van der Waals surface area contributed by atoms with Crippen LogP contribution < -0.4 is 11.1 Å². The normalized spacial score (nSPS) is 44.1. The third kappa shape index (κ3) is 1.93. The largest absolute Gasteiger partial charge is 0.394 e. The predicted molar refractivity (Wildman–Crippen MR) is 78.4 cm³/mol. The molecule has 1 saturated heterocycles. The number of aliphatic hydroxyl groups is 3. The summed E-state index contributed by atoms with van der Waals surface area (Å²) in [6.07, 6.45) is -2.31. The summed E-state index contributed by atoms with van der Waals surface area (Å²) in [5.41, 5.74) is 5.99. The Labute approximate surface area is 127 Å². The molecule has 0 saturated carbocycles. The van der Waals surface area contributed by atoms with Gasteiger partial charge in [0.25, 0.3) is 0 Å². The van der Waals surface area contributed by atoms with Gasteiger partial charge in [0.15, 0.2) is 11.5 Å². The lowest BCUT2D eigenvalue weighted by Gasteiger charge is -2.39. The van der Waals surface area contributed by atoms with Gasteiger partial charge in [0.1, 0.15) is 37.0 Å². The quantitative estimate of drug-likeness (QED) is 0.368. The number of ether oxygens (including phenoxy) is 1. The van der Waals surface area contributed by atoms with E-state index in [1.54, 1.807) is 7.05 Å². The van der Waals surface area contributed by atoms with Gasteiger partial charge in [-0.3, -0.25) is 20.9 Å². The van der Waals surface area contributed by atoms with Gasteiger partial charge in [-0.2, -0.15) is 0 Å². The van der Waals surface area contributed by atoms with Gasteiger partial charge in [0, 0.05) is 0 Å². The van der Waals surface area contributed by atoms with Crippen LogP contribution in [0.2, 0.25) is 0 Å². The Balaban J connectivity index is 1.93. The van der Waals surface area contributed by atoms with E-state index in [-0.39, 0.29) is 6.67 Å². The predicted octanol–water partition coefficient (Wildman–Crippen LogP) is -3.20. The van der Waals surface area contributed by atoms with E-state index < -0.39 is 36.4 Å². The van der Waals surface area contributed by atoms with Crippen molar-refractivity contribution in [2.75, 3.05) is 20.3 Å². The molecule has 3 aliphatic rings.